The molecular weight excluding hydrogens is 581 g/mol. The SMILES string of the molecule is Cc1cc(C)c(C2=C3C=CC([Se]c4ccccc4)=[N+]3[B-](C)(C)n3c([Se]c4ccccc4)ccc32)c(C)c1. The average molecular weight is 612 g/mol. The summed E-state index contributed by atoms with van der Waals surface area (Å²) in [4.78, 5) is 0. The summed E-state index contributed by atoms with van der Waals surface area (Å²) in [5.74, 6) is 0. The Kier molecular flexibility index (Phi) is 6.29. The van der Waals surface area contributed by atoms with Gasteiger partial charge >= 0.3 is 234 Å². The number of hydrogen-bond acceptors (Lipinski definition) is 0. The molecular formula is C32H31BN2Se2. The molecule has 3 heterocycles. The van der Waals surface area contributed by atoms with E-state index < -0.39 is 6.42 Å². The number of aromatic nitrogens is 1. The summed E-state index contributed by atoms with van der Waals surface area (Å²) in [7, 11) is 0. The van der Waals surface area contributed by atoms with Crippen LogP contribution in [0.25, 0.3) is 5.57 Å². The van der Waals surface area contributed by atoms with Crippen molar-refractivity contribution in [1.82, 2.24) is 4.48 Å². The molecule has 5 heteroatoms. The van der Waals surface area contributed by atoms with E-state index in [-0.39, 0.29) is 29.9 Å². The molecule has 0 N–H and O–H groups in total. The molecule has 0 spiro atoms. The number of aryl methyl sites for hydroxylation is 3. The van der Waals surface area contributed by atoms with Crippen molar-refractivity contribution in [2.45, 2.75) is 34.4 Å². The van der Waals surface area contributed by atoms with Crippen LogP contribution in [0, 0.1) is 20.8 Å². The van der Waals surface area contributed by atoms with Crippen LogP contribution in [0.2, 0.25) is 13.6 Å². The predicted octanol–water partition coefficient (Wildman–Crippen LogP) is 4.40. The van der Waals surface area contributed by atoms with Crippen molar-refractivity contribution in [2.75, 3.05) is 0 Å². The Balaban J connectivity index is 1.61. The molecule has 3 aromatic carbocycles. The van der Waals surface area contributed by atoms with Crippen molar-refractivity contribution in [3.05, 3.63) is 131 Å². The number of hydrogen-bond donors (Lipinski definition) is 0. The van der Waals surface area contributed by atoms with Crippen molar-refractivity contribution >= 4 is 60.0 Å². The average Bonchev–Trinajstić information content (AvgIpc) is 3.48. The van der Waals surface area contributed by atoms with Crippen LogP contribution in [-0.2, 0) is 0 Å². The second-order valence-electron chi connectivity index (χ2n) is 10.6. The van der Waals surface area contributed by atoms with E-state index in [1.165, 1.54) is 57.3 Å². The third-order valence-corrected chi connectivity index (χ3v) is 11.8. The van der Waals surface area contributed by atoms with Gasteiger partial charge in [-0.15, -0.1) is 0 Å². The Labute approximate surface area is 233 Å². The van der Waals surface area contributed by atoms with E-state index in [2.05, 4.69) is 140 Å². The molecule has 6 rings (SSSR count). The molecule has 0 amide bonds. The van der Waals surface area contributed by atoms with Crippen LogP contribution in [0.5, 0.6) is 0 Å². The van der Waals surface area contributed by atoms with Gasteiger partial charge in [-0.1, -0.05) is 0 Å². The standard InChI is InChI=1S/C32H31BN2Se2/c1-22-20-23(2)31(24(3)21-22)32-27-16-18-29(36-25-12-8-6-9-13-25)34(27)33(4,5)35-28(32)17-19-30(35)37-26-14-10-7-11-15-26/h6-21H,1-5H3. The minimum atomic E-state index is -1.06. The van der Waals surface area contributed by atoms with Gasteiger partial charge in [-0.3, -0.25) is 0 Å². The number of benzene rings is 3. The fourth-order valence-corrected chi connectivity index (χ4v) is 10.8. The molecule has 0 unspecified atom stereocenters. The molecule has 0 saturated heterocycles. The predicted molar refractivity (Wildman–Crippen MR) is 162 cm³/mol. The maximum absolute atomic E-state index is 2.69. The van der Waals surface area contributed by atoms with Gasteiger partial charge in [0.05, 0.1) is 0 Å². The molecule has 0 atom stereocenters. The monoisotopic (exact) mass is 614 g/mol. The summed E-state index contributed by atoms with van der Waals surface area (Å²) >= 11 is 0.465. The van der Waals surface area contributed by atoms with E-state index in [1.807, 2.05) is 0 Å². The number of allylic oxidation sites excluding steroid dienone is 2. The first-order valence-corrected chi connectivity index (χ1v) is 16.4. The van der Waals surface area contributed by atoms with Crippen LogP contribution in [0.15, 0.2) is 103 Å². The van der Waals surface area contributed by atoms with Gasteiger partial charge in [0.2, 0.25) is 0 Å². The molecule has 1 aromatic heterocycles. The summed E-state index contributed by atoms with van der Waals surface area (Å²) in [5.41, 5.74) is 9.51. The van der Waals surface area contributed by atoms with Crippen LogP contribution in [0.1, 0.15) is 27.9 Å². The van der Waals surface area contributed by atoms with Gasteiger partial charge < -0.3 is 0 Å². The Morgan fingerprint density at radius 1 is 0.703 bits per heavy atom. The molecule has 0 bridgehead atoms. The van der Waals surface area contributed by atoms with Gasteiger partial charge in [-0.2, -0.15) is 0 Å². The summed E-state index contributed by atoms with van der Waals surface area (Å²) in [6, 6.07) is 31.4. The zero-order valence-corrected chi connectivity index (χ0v) is 25.5. The molecule has 2 aliphatic heterocycles. The van der Waals surface area contributed by atoms with Gasteiger partial charge in [-0.05, 0) is 0 Å². The van der Waals surface area contributed by atoms with Crippen LogP contribution in [0.3, 0.4) is 0 Å². The van der Waals surface area contributed by atoms with Gasteiger partial charge in [-0.25, -0.2) is 0 Å². The summed E-state index contributed by atoms with van der Waals surface area (Å²) in [5, 5.41) is 0. The quantitative estimate of drug-likeness (QED) is 0.296. The van der Waals surface area contributed by atoms with Gasteiger partial charge in [0.15, 0.2) is 0 Å². The zero-order chi connectivity index (χ0) is 25.7. The molecule has 0 fully saturated rings. The third kappa shape index (κ3) is 4.25. The molecule has 0 aliphatic carbocycles. The van der Waals surface area contributed by atoms with Crippen molar-refractivity contribution in [3.8, 4) is 0 Å². The van der Waals surface area contributed by atoms with Crippen molar-refractivity contribution in [3.63, 3.8) is 0 Å². The first kappa shape index (κ1) is 24.5. The second kappa shape index (κ2) is 9.50. The van der Waals surface area contributed by atoms with E-state index in [9.17, 15) is 0 Å². The molecule has 2 nitrogen and oxygen atoms in total. The van der Waals surface area contributed by atoms with E-state index in [0.29, 0.717) is 0 Å². The zero-order valence-electron chi connectivity index (χ0n) is 22.0. The van der Waals surface area contributed by atoms with Gasteiger partial charge in [0.1, 0.15) is 0 Å². The molecule has 37 heavy (non-hydrogen) atoms. The fraction of sp³-hybridized carbons (Fsp3) is 0.156. The summed E-state index contributed by atoms with van der Waals surface area (Å²) in [6.45, 7) is 11.7. The fourth-order valence-electron chi connectivity index (χ4n) is 6.03. The van der Waals surface area contributed by atoms with E-state index in [4.69, 9.17) is 0 Å². The van der Waals surface area contributed by atoms with Crippen LogP contribution >= 0.6 is 0 Å². The third-order valence-electron chi connectivity index (χ3n) is 7.40. The Morgan fingerprint density at radius 2 is 1.30 bits per heavy atom. The van der Waals surface area contributed by atoms with Crippen molar-refractivity contribution in [1.29, 1.82) is 0 Å². The summed E-state index contributed by atoms with van der Waals surface area (Å²) < 4.78 is 11.1. The normalized spacial score (nSPS) is 15.8. The first-order valence-electron chi connectivity index (χ1n) is 12.9. The Morgan fingerprint density at radius 3 is 1.92 bits per heavy atom. The van der Waals surface area contributed by atoms with Gasteiger partial charge in [0, 0.05) is 0 Å². The number of rotatable bonds is 5. The number of nitrogens with zero attached hydrogens (tertiary/aromatic N) is 2. The summed E-state index contributed by atoms with van der Waals surface area (Å²) in [6.07, 6.45) is 3.71. The van der Waals surface area contributed by atoms with E-state index in [0.717, 1.165) is 0 Å². The maximum atomic E-state index is 2.69. The van der Waals surface area contributed by atoms with E-state index >= 15 is 0 Å². The van der Waals surface area contributed by atoms with Crippen molar-refractivity contribution in [2.24, 2.45) is 0 Å². The number of fused-ring (bicyclic) bond motifs is 2. The second-order valence-corrected chi connectivity index (χ2v) is 15.1. The first-order chi connectivity index (χ1) is 17.8. The molecule has 4 aromatic rings. The molecule has 2 aliphatic rings. The molecule has 184 valence electrons. The van der Waals surface area contributed by atoms with Crippen LogP contribution in [-0.4, -0.2) is 49.9 Å². The Hall–Kier alpha value is -2.81. The molecule has 0 radical (unpaired) electrons. The Bertz CT molecular complexity index is 1590. The van der Waals surface area contributed by atoms with Crippen LogP contribution < -0.4 is 13.5 Å². The van der Waals surface area contributed by atoms with E-state index in [1.54, 1.807) is 0 Å². The minimum absolute atomic E-state index is 0.233. The van der Waals surface area contributed by atoms with Crippen molar-refractivity contribution < 1.29 is 4.49 Å². The van der Waals surface area contributed by atoms with Gasteiger partial charge in [0.25, 0.3) is 0 Å². The topological polar surface area (TPSA) is 7.94 Å². The van der Waals surface area contributed by atoms with Crippen LogP contribution in [0.4, 0.5) is 0 Å². The molecule has 0 saturated carbocycles.